The minimum atomic E-state index is -0.0253. The summed E-state index contributed by atoms with van der Waals surface area (Å²) in [5, 5.41) is 7.47. The molecule has 2 aromatic carbocycles. The molecule has 1 aliphatic heterocycles. The van der Waals surface area contributed by atoms with E-state index >= 15 is 0 Å². The van der Waals surface area contributed by atoms with Crippen LogP contribution < -0.4 is 14.8 Å². The van der Waals surface area contributed by atoms with Gasteiger partial charge >= 0.3 is 0 Å². The van der Waals surface area contributed by atoms with E-state index in [2.05, 4.69) is 16.5 Å². The molecule has 6 heteroatoms. The SMILES string of the molecule is COc1cc(NC(=O)CCc2ccc3c(c2)CCO3)ccc1-n1nc(C)cc1C. The zero-order chi connectivity index (χ0) is 20.4. The first-order chi connectivity index (χ1) is 14.0. The third-order valence-corrected chi connectivity index (χ3v) is 5.10. The van der Waals surface area contributed by atoms with Gasteiger partial charge in [0, 0.05) is 30.3 Å². The number of anilines is 1. The van der Waals surface area contributed by atoms with Gasteiger partial charge in [-0.1, -0.05) is 12.1 Å². The van der Waals surface area contributed by atoms with Gasteiger partial charge in [0.2, 0.25) is 5.91 Å². The number of methoxy groups -OCH3 is 1. The molecule has 1 N–H and O–H groups in total. The molecule has 150 valence electrons. The number of hydrogen-bond acceptors (Lipinski definition) is 4. The fourth-order valence-corrected chi connectivity index (χ4v) is 3.68. The lowest BCUT2D eigenvalue weighted by atomic mass is 10.0. The molecule has 0 radical (unpaired) electrons. The van der Waals surface area contributed by atoms with Crippen LogP contribution in [0.25, 0.3) is 5.69 Å². The predicted molar refractivity (Wildman–Crippen MR) is 112 cm³/mol. The summed E-state index contributed by atoms with van der Waals surface area (Å²) < 4.78 is 12.9. The Morgan fingerprint density at radius 3 is 2.83 bits per heavy atom. The van der Waals surface area contributed by atoms with E-state index in [4.69, 9.17) is 9.47 Å². The van der Waals surface area contributed by atoms with Gasteiger partial charge in [0.05, 0.1) is 19.4 Å². The first-order valence-electron chi connectivity index (χ1n) is 9.79. The van der Waals surface area contributed by atoms with Crippen molar-refractivity contribution in [1.82, 2.24) is 9.78 Å². The van der Waals surface area contributed by atoms with Crippen LogP contribution in [0.1, 0.15) is 28.9 Å². The van der Waals surface area contributed by atoms with E-state index in [0.717, 1.165) is 41.4 Å². The second-order valence-electron chi connectivity index (χ2n) is 7.31. The van der Waals surface area contributed by atoms with Crippen LogP contribution >= 0.6 is 0 Å². The number of carbonyl (C=O) groups excluding carboxylic acids is 1. The van der Waals surface area contributed by atoms with E-state index in [-0.39, 0.29) is 5.91 Å². The molecule has 0 spiro atoms. The highest BCUT2D eigenvalue weighted by Crippen LogP contribution is 2.28. The fourth-order valence-electron chi connectivity index (χ4n) is 3.68. The zero-order valence-corrected chi connectivity index (χ0v) is 17.0. The van der Waals surface area contributed by atoms with Gasteiger partial charge in [-0.25, -0.2) is 4.68 Å². The van der Waals surface area contributed by atoms with Gasteiger partial charge in [-0.05, 0) is 55.7 Å². The molecule has 3 aromatic rings. The molecule has 0 saturated carbocycles. The highest BCUT2D eigenvalue weighted by atomic mass is 16.5. The summed E-state index contributed by atoms with van der Waals surface area (Å²) in [6.07, 6.45) is 2.05. The molecule has 4 rings (SSSR count). The molecule has 1 aromatic heterocycles. The molecule has 0 aliphatic carbocycles. The van der Waals surface area contributed by atoms with Crippen molar-refractivity contribution in [1.29, 1.82) is 0 Å². The summed E-state index contributed by atoms with van der Waals surface area (Å²) in [6.45, 7) is 4.70. The normalized spacial score (nSPS) is 12.4. The monoisotopic (exact) mass is 391 g/mol. The van der Waals surface area contributed by atoms with Gasteiger partial charge in [0.25, 0.3) is 0 Å². The maximum atomic E-state index is 12.4. The Morgan fingerprint density at radius 2 is 2.07 bits per heavy atom. The predicted octanol–water partition coefficient (Wildman–Crippen LogP) is 4.00. The Morgan fingerprint density at radius 1 is 1.21 bits per heavy atom. The van der Waals surface area contributed by atoms with Gasteiger partial charge in [0.1, 0.15) is 17.2 Å². The number of rotatable bonds is 6. The van der Waals surface area contributed by atoms with Crippen LogP contribution in [0, 0.1) is 13.8 Å². The second kappa shape index (κ2) is 7.99. The fraction of sp³-hybridized carbons (Fsp3) is 0.304. The molecule has 0 bridgehead atoms. The molecule has 0 saturated heterocycles. The molecule has 0 atom stereocenters. The largest absolute Gasteiger partial charge is 0.494 e. The zero-order valence-electron chi connectivity index (χ0n) is 17.0. The summed E-state index contributed by atoms with van der Waals surface area (Å²) in [4.78, 5) is 12.4. The van der Waals surface area contributed by atoms with Crippen LogP contribution in [-0.2, 0) is 17.6 Å². The molecule has 29 heavy (non-hydrogen) atoms. The minimum Gasteiger partial charge on any atom is -0.494 e. The lowest BCUT2D eigenvalue weighted by molar-refractivity contribution is -0.116. The molecular weight excluding hydrogens is 366 g/mol. The van der Waals surface area contributed by atoms with E-state index in [9.17, 15) is 4.79 Å². The smallest absolute Gasteiger partial charge is 0.224 e. The highest BCUT2D eigenvalue weighted by molar-refractivity contribution is 5.91. The van der Waals surface area contributed by atoms with Crippen LogP contribution in [0.2, 0.25) is 0 Å². The third-order valence-electron chi connectivity index (χ3n) is 5.10. The number of nitrogens with one attached hydrogen (secondary N) is 1. The molecule has 0 unspecified atom stereocenters. The molecule has 6 nitrogen and oxygen atoms in total. The number of aryl methyl sites for hydroxylation is 3. The first kappa shape index (κ1) is 19.1. The van der Waals surface area contributed by atoms with Crippen molar-refractivity contribution < 1.29 is 14.3 Å². The number of carbonyl (C=O) groups is 1. The quantitative estimate of drug-likeness (QED) is 0.690. The summed E-state index contributed by atoms with van der Waals surface area (Å²) >= 11 is 0. The van der Waals surface area contributed by atoms with Gasteiger partial charge in [-0.3, -0.25) is 4.79 Å². The average Bonchev–Trinajstić information content (AvgIpc) is 3.31. The van der Waals surface area contributed by atoms with Crippen molar-refractivity contribution in [2.24, 2.45) is 0 Å². The van der Waals surface area contributed by atoms with Gasteiger partial charge in [-0.2, -0.15) is 5.10 Å². The lowest BCUT2D eigenvalue weighted by Gasteiger charge is -2.13. The Labute approximate surface area is 170 Å². The number of amides is 1. The topological polar surface area (TPSA) is 65.4 Å². The van der Waals surface area contributed by atoms with E-state index in [0.29, 0.717) is 24.3 Å². The maximum Gasteiger partial charge on any atom is 0.224 e. The molecule has 1 aliphatic rings. The lowest BCUT2D eigenvalue weighted by Crippen LogP contribution is -2.13. The summed E-state index contributed by atoms with van der Waals surface area (Å²) in [7, 11) is 1.62. The second-order valence-corrected chi connectivity index (χ2v) is 7.31. The Kier molecular flexibility index (Phi) is 5.25. The van der Waals surface area contributed by atoms with Crippen molar-refractivity contribution in [2.45, 2.75) is 33.1 Å². The van der Waals surface area contributed by atoms with Crippen molar-refractivity contribution in [3.63, 3.8) is 0 Å². The van der Waals surface area contributed by atoms with Crippen LogP contribution in [0.5, 0.6) is 11.5 Å². The molecule has 2 heterocycles. The Balaban J connectivity index is 1.42. The molecular formula is C23H25N3O3. The number of fused-ring (bicyclic) bond motifs is 1. The van der Waals surface area contributed by atoms with Crippen molar-refractivity contribution in [3.8, 4) is 17.2 Å². The van der Waals surface area contributed by atoms with Crippen molar-refractivity contribution >= 4 is 11.6 Å². The molecule has 0 fully saturated rings. The van der Waals surface area contributed by atoms with E-state index in [1.165, 1.54) is 5.56 Å². The van der Waals surface area contributed by atoms with Gasteiger partial charge in [-0.15, -0.1) is 0 Å². The number of nitrogens with zero attached hydrogens (tertiary/aromatic N) is 2. The van der Waals surface area contributed by atoms with E-state index in [1.54, 1.807) is 7.11 Å². The van der Waals surface area contributed by atoms with Crippen molar-refractivity contribution in [2.75, 3.05) is 19.0 Å². The van der Waals surface area contributed by atoms with Crippen LogP contribution in [0.3, 0.4) is 0 Å². The van der Waals surface area contributed by atoms with E-state index in [1.807, 2.05) is 54.9 Å². The molecule has 1 amide bonds. The summed E-state index contributed by atoms with van der Waals surface area (Å²) in [6, 6.07) is 13.8. The van der Waals surface area contributed by atoms with Gasteiger partial charge in [0.15, 0.2) is 0 Å². The standard InChI is InChI=1S/C23H25N3O3/c1-15-12-16(2)26(25-15)20-7-6-19(14-22(20)28-3)24-23(27)9-5-17-4-8-21-18(13-17)10-11-29-21/h4,6-8,12-14H,5,9-11H2,1-3H3,(H,24,27). The van der Waals surface area contributed by atoms with Gasteiger partial charge < -0.3 is 14.8 Å². The highest BCUT2D eigenvalue weighted by Gasteiger charge is 2.14. The third kappa shape index (κ3) is 4.11. The van der Waals surface area contributed by atoms with Crippen LogP contribution in [0.15, 0.2) is 42.5 Å². The summed E-state index contributed by atoms with van der Waals surface area (Å²) in [5.74, 6) is 1.60. The minimum absolute atomic E-state index is 0.0253. The number of aromatic nitrogens is 2. The summed E-state index contributed by atoms with van der Waals surface area (Å²) in [5.41, 5.74) is 5.91. The van der Waals surface area contributed by atoms with Crippen LogP contribution in [0.4, 0.5) is 5.69 Å². The first-order valence-corrected chi connectivity index (χ1v) is 9.79. The van der Waals surface area contributed by atoms with Crippen molar-refractivity contribution in [3.05, 3.63) is 65.0 Å². The van der Waals surface area contributed by atoms with Crippen LogP contribution in [-0.4, -0.2) is 29.4 Å². The number of hydrogen-bond donors (Lipinski definition) is 1. The Bertz CT molecular complexity index is 1060. The maximum absolute atomic E-state index is 12.4. The number of ether oxygens (including phenoxy) is 2. The Hall–Kier alpha value is -3.28. The average molecular weight is 391 g/mol. The van der Waals surface area contributed by atoms with E-state index < -0.39 is 0 Å². The number of benzene rings is 2.